The minimum absolute atomic E-state index is 0.0866. The van der Waals surface area contributed by atoms with Gasteiger partial charge in [-0.1, -0.05) is 11.8 Å². The first-order valence-electron chi connectivity index (χ1n) is 7.24. The Hall–Kier alpha value is -1.71. The van der Waals surface area contributed by atoms with Crippen LogP contribution in [0, 0.1) is 0 Å². The Balaban J connectivity index is 1.73. The van der Waals surface area contributed by atoms with E-state index in [0.717, 1.165) is 30.5 Å². The third-order valence-electron chi connectivity index (χ3n) is 3.54. The SMILES string of the molecule is O=C(CSc1nc(=O)n(CCO)c2c1CCC2)Nc1nccs1. The molecule has 2 N–H and O–H groups in total. The molecule has 9 heteroatoms. The number of rotatable bonds is 6. The van der Waals surface area contributed by atoms with Crippen molar-refractivity contribution in [3.8, 4) is 0 Å². The van der Waals surface area contributed by atoms with Gasteiger partial charge in [0.25, 0.3) is 0 Å². The maximum absolute atomic E-state index is 12.1. The van der Waals surface area contributed by atoms with Crippen LogP contribution in [0.25, 0.3) is 0 Å². The van der Waals surface area contributed by atoms with Crippen LogP contribution in [0.1, 0.15) is 17.7 Å². The molecule has 23 heavy (non-hydrogen) atoms. The Kier molecular flexibility index (Phi) is 5.09. The van der Waals surface area contributed by atoms with Gasteiger partial charge in [-0.3, -0.25) is 9.36 Å². The molecule has 0 saturated carbocycles. The van der Waals surface area contributed by atoms with Crippen molar-refractivity contribution in [1.82, 2.24) is 14.5 Å². The maximum atomic E-state index is 12.1. The number of thioether (sulfide) groups is 1. The third-order valence-corrected chi connectivity index (χ3v) is 5.25. The first kappa shape index (κ1) is 16.2. The number of nitrogens with one attached hydrogen (secondary N) is 1. The zero-order valence-corrected chi connectivity index (χ0v) is 14.0. The molecule has 1 aliphatic rings. The van der Waals surface area contributed by atoms with Crippen molar-refractivity contribution in [2.45, 2.75) is 30.8 Å². The number of nitrogens with zero attached hydrogens (tertiary/aromatic N) is 3. The summed E-state index contributed by atoms with van der Waals surface area (Å²) in [4.78, 5) is 32.1. The Morgan fingerprint density at radius 3 is 3.09 bits per heavy atom. The second-order valence-corrected chi connectivity index (χ2v) is 6.89. The number of carbonyl (C=O) groups excluding carboxylic acids is 1. The highest BCUT2D eigenvalue weighted by atomic mass is 32.2. The molecule has 0 unspecified atom stereocenters. The van der Waals surface area contributed by atoms with Gasteiger partial charge < -0.3 is 10.4 Å². The van der Waals surface area contributed by atoms with E-state index in [4.69, 9.17) is 5.11 Å². The van der Waals surface area contributed by atoms with Gasteiger partial charge in [-0.25, -0.2) is 9.78 Å². The summed E-state index contributed by atoms with van der Waals surface area (Å²) in [7, 11) is 0. The highest BCUT2D eigenvalue weighted by molar-refractivity contribution is 8.00. The van der Waals surface area contributed by atoms with Crippen LogP contribution in [0.5, 0.6) is 0 Å². The predicted molar refractivity (Wildman–Crippen MR) is 89.1 cm³/mol. The summed E-state index contributed by atoms with van der Waals surface area (Å²) in [5.41, 5.74) is 1.62. The minimum Gasteiger partial charge on any atom is -0.395 e. The van der Waals surface area contributed by atoms with E-state index >= 15 is 0 Å². The minimum atomic E-state index is -0.359. The zero-order chi connectivity index (χ0) is 16.2. The predicted octanol–water partition coefficient (Wildman–Crippen LogP) is 0.912. The van der Waals surface area contributed by atoms with E-state index < -0.39 is 0 Å². The van der Waals surface area contributed by atoms with Crippen molar-refractivity contribution in [2.75, 3.05) is 17.7 Å². The van der Waals surface area contributed by atoms with E-state index in [1.807, 2.05) is 0 Å². The molecule has 7 nitrogen and oxygen atoms in total. The summed E-state index contributed by atoms with van der Waals surface area (Å²) >= 11 is 2.63. The number of fused-ring (bicyclic) bond motifs is 1. The smallest absolute Gasteiger partial charge is 0.348 e. The van der Waals surface area contributed by atoms with Crippen molar-refractivity contribution >= 4 is 34.1 Å². The van der Waals surface area contributed by atoms with E-state index in [1.165, 1.54) is 23.1 Å². The second-order valence-electron chi connectivity index (χ2n) is 5.03. The highest BCUT2D eigenvalue weighted by Gasteiger charge is 2.22. The molecule has 0 atom stereocenters. The molecule has 2 heterocycles. The topological polar surface area (TPSA) is 97.1 Å². The summed E-state index contributed by atoms with van der Waals surface area (Å²) in [5.74, 6) is 0.0145. The number of anilines is 1. The van der Waals surface area contributed by atoms with Gasteiger partial charge in [0.05, 0.1) is 18.9 Å². The fourth-order valence-electron chi connectivity index (χ4n) is 2.61. The van der Waals surface area contributed by atoms with Crippen molar-refractivity contribution in [2.24, 2.45) is 0 Å². The molecule has 0 fully saturated rings. The lowest BCUT2D eigenvalue weighted by molar-refractivity contribution is -0.113. The quantitative estimate of drug-likeness (QED) is 0.592. The lowest BCUT2D eigenvalue weighted by atomic mass is 10.2. The summed E-state index contributed by atoms with van der Waals surface area (Å²) < 4.78 is 1.54. The van der Waals surface area contributed by atoms with Gasteiger partial charge in [0.1, 0.15) is 5.03 Å². The molecular formula is C14H16N4O3S2. The summed E-state index contributed by atoms with van der Waals surface area (Å²) in [6, 6.07) is 0. The van der Waals surface area contributed by atoms with Crippen LogP contribution < -0.4 is 11.0 Å². The van der Waals surface area contributed by atoms with Gasteiger partial charge in [0, 0.05) is 22.8 Å². The van der Waals surface area contributed by atoms with E-state index in [0.29, 0.717) is 10.2 Å². The van der Waals surface area contributed by atoms with Crippen LogP contribution >= 0.6 is 23.1 Å². The Morgan fingerprint density at radius 2 is 2.35 bits per heavy atom. The summed E-state index contributed by atoms with van der Waals surface area (Å²) in [5, 5.41) is 14.8. The van der Waals surface area contributed by atoms with Crippen molar-refractivity contribution in [3.63, 3.8) is 0 Å². The van der Waals surface area contributed by atoms with E-state index in [-0.39, 0.29) is 30.5 Å². The van der Waals surface area contributed by atoms with Crippen molar-refractivity contribution in [3.05, 3.63) is 33.3 Å². The summed E-state index contributed by atoms with van der Waals surface area (Å²) in [6.07, 6.45) is 4.25. The van der Waals surface area contributed by atoms with E-state index in [1.54, 1.807) is 16.1 Å². The Labute approximate surface area is 140 Å². The van der Waals surface area contributed by atoms with Crippen LogP contribution in [0.15, 0.2) is 21.4 Å². The lowest BCUT2D eigenvalue weighted by Gasteiger charge is -2.12. The molecule has 1 amide bonds. The lowest BCUT2D eigenvalue weighted by Crippen LogP contribution is -2.28. The average molecular weight is 352 g/mol. The maximum Gasteiger partial charge on any atom is 0.348 e. The first-order chi connectivity index (χ1) is 11.2. The number of carbonyl (C=O) groups is 1. The molecular weight excluding hydrogens is 336 g/mol. The molecule has 0 saturated heterocycles. The number of amides is 1. The van der Waals surface area contributed by atoms with Gasteiger partial charge >= 0.3 is 5.69 Å². The molecule has 2 aromatic rings. The molecule has 0 radical (unpaired) electrons. The fraction of sp³-hybridized carbons (Fsp3) is 0.429. The van der Waals surface area contributed by atoms with Crippen LogP contribution in [-0.4, -0.2) is 37.9 Å². The number of aliphatic hydroxyl groups is 1. The van der Waals surface area contributed by atoms with Crippen LogP contribution in [-0.2, 0) is 24.2 Å². The largest absolute Gasteiger partial charge is 0.395 e. The van der Waals surface area contributed by atoms with E-state index in [2.05, 4.69) is 15.3 Å². The fourth-order valence-corrected chi connectivity index (χ4v) is 4.03. The van der Waals surface area contributed by atoms with Gasteiger partial charge in [0.2, 0.25) is 5.91 Å². The molecule has 0 bridgehead atoms. The average Bonchev–Trinajstić information content (AvgIpc) is 3.19. The monoisotopic (exact) mass is 352 g/mol. The van der Waals surface area contributed by atoms with Gasteiger partial charge in [-0.15, -0.1) is 11.3 Å². The number of hydrogen-bond donors (Lipinski definition) is 2. The van der Waals surface area contributed by atoms with Crippen molar-refractivity contribution in [1.29, 1.82) is 0 Å². The molecule has 122 valence electrons. The second kappa shape index (κ2) is 7.24. The summed E-state index contributed by atoms with van der Waals surface area (Å²) in [6.45, 7) is 0.181. The van der Waals surface area contributed by atoms with E-state index in [9.17, 15) is 9.59 Å². The highest BCUT2D eigenvalue weighted by Crippen LogP contribution is 2.29. The standard InChI is InChI=1S/C14H16N4O3S2/c19-6-5-18-10-3-1-2-9(10)12(17-14(18)21)23-8-11(20)16-13-15-4-7-22-13/h4,7,19H,1-3,5-6,8H2,(H,15,16,20). The molecule has 0 aromatic carbocycles. The normalized spacial score (nSPS) is 13.1. The molecule has 0 spiro atoms. The van der Waals surface area contributed by atoms with Crippen LogP contribution in [0.4, 0.5) is 5.13 Å². The zero-order valence-electron chi connectivity index (χ0n) is 12.3. The third kappa shape index (κ3) is 3.62. The number of thiazole rings is 1. The first-order valence-corrected chi connectivity index (χ1v) is 9.11. The number of aromatic nitrogens is 3. The van der Waals surface area contributed by atoms with Crippen molar-refractivity contribution < 1.29 is 9.90 Å². The number of hydrogen-bond acceptors (Lipinski definition) is 7. The molecule has 2 aromatic heterocycles. The van der Waals surface area contributed by atoms with Gasteiger partial charge in [-0.05, 0) is 19.3 Å². The van der Waals surface area contributed by atoms with Gasteiger partial charge in [-0.2, -0.15) is 4.98 Å². The number of aliphatic hydroxyl groups excluding tert-OH is 1. The molecule has 3 rings (SSSR count). The van der Waals surface area contributed by atoms with Crippen LogP contribution in [0.2, 0.25) is 0 Å². The molecule has 1 aliphatic carbocycles. The molecule has 0 aliphatic heterocycles. The Morgan fingerprint density at radius 1 is 1.48 bits per heavy atom. The van der Waals surface area contributed by atoms with Gasteiger partial charge in [0.15, 0.2) is 5.13 Å². The Bertz CT molecular complexity index is 758. The van der Waals surface area contributed by atoms with Crippen LogP contribution in [0.3, 0.4) is 0 Å².